The third-order valence-electron chi connectivity index (χ3n) is 4.68. The van der Waals surface area contributed by atoms with Crippen LogP contribution in [0.15, 0.2) is 24.3 Å². The number of benzene rings is 1. The molecule has 2 aliphatic rings. The monoisotopic (exact) mass is 318 g/mol. The standard InChI is InChI=1S/C17H26N4S/c1-15-5-2-3-6-16(15)20-13-11-19(12-14-20)8-4-9-21-10-7-18-17(21)22/h2-3,5-6H,4,7-14H2,1H3,(H,18,22). The van der Waals surface area contributed by atoms with Gasteiger partial charge in [-0.05, 0) is 43.7 Å². The fourth-order valence-corrected chi connectivity index (χ4v) is 3.62. The summed E-state index contributed by atoms with van der Waals surface area (Å²) in [6.07, 6.45) is 1.20. The third-order valence-corrected chi connectivity index (χ3v) is 5.08. The van der Waals surface area contributed by atoms with Crippen molar-refractivity contribution in [2.75, 3.05) is 57.3 Å². The predicted octanol–water partition coefficient (Wildman–Crippen LogP) is 1.70. The Bertz CT molecular complexity index is 511. The second-order valence-corrected chi connectivity index (χ2v) is 6.57. The van der Waals surface area contributed by atoms with Gasteiger partial charge in [0.1, 0.15) is 0 Å². The first-order valence-electron chi connectivity index (χ1n) is 8.30. The van der Waals surface area contributed by atoms with E-state index in [-0.39, 0.29) is 0 Å². The number of nitrogens with one attached hydrogen (secondary N) is 1. The van der Waals surface area contributed by atoms with Crippen LogP contribution in [0, 0.1) is 6.92 Å². The minimum atomic E-state index is 0.935. The lowest BCUT2D eigenvalue weighted by atomic mass is 10.1. The van der Waals surface area contributed by atoms with E-state index in [1.165, 1.54) is 24.2 Å². The molecule has 5 heteroatoms. The van der Waals surface area contributed by atoms with Gasteiger partial charge in [0, 0.05) is 51.5 Å². The first-order valence-corrected chi connectivity index (χ1v) is 8.70. The molecule has 1 aromatic carbocycles. The largest absolute Gasteiger partial charge is 0.369 e. The van der Waals surface area contributed by atoms with E-state index in [1.807, 2.05) is 0 Å². The molecule has 1 N–H and O–H groups in total. The van der Waals surface area contributed by atoms with Gasteiger partial charge in [-0.15, -0.1) is 0 Å². The van der Waals surface area contributed by atoms with Gasteiger partial charge < -0.3 is 15.1 Å². The van der Waals surface area contributed by atoms with Gasteiger partial charge in [0.2, 0.25) is 0 Å². The van der Waals surface area contributed by atoms with Crippen LogP contribution in [-0.4, -0.2) is 67.3 Å². The summed E-state index contributed by atoms with van der Waals surface area (Å²) in [4.78, 5) is 7.39. The normalized spacial score (nSPS) is 19.6. The summed E-state index contributed by atoms with van der Waals surface area (Å²) in [7, 11) is 0. The van der Waals surface area contributed by atoms with Gasteiger partial charge in [-0.3, -0.25) is 4.90 Å². The lowest BCUT2D eigenvalue weighted by Gasteiger charge is -2.37. The average Bonchev–Trinajstić information content (AvgIpc) is 2.94. The fourth-order valence-electron chi connectivity index (χ4n) is 3.34. The van der Waals surface area contributed by atoms with Crippen molar-refractivity contribution in [3.05, 3.63) is 29.8 Å². The zero-order chi connectivity index (χ0) is 15.4. The number of nitrogens with zero attached hydrogens (tertiary/aromatic N) is 3. The molecule has 0 spiro atoms. The Morgan fingerprint density at radius 3 is 2.50 bits per heavy atom. The van der Waals surface area contributed by atoms with Crippen LogP contribution in [0.25, 0.3) is 0 Å². The topological polar surface area (TPSA) is 21.8 Å². The molecule has 120 valence electrons. The lowest BCUT2D eigenvalue weighted by molar-refractivity contribution is 0.246. The molecular weight excluding hydrogens is 292 g/mol. The summed E-state index contributed by atoms with van der Waals surface area (Å²) < 4.78 is 0. The quantitative estimate of drug-likeness (QED) is 0.832. The second-order valence-electron chi connectivity index (χ2n) is 6.19. The van der Waals surface area contributed by atoms with E-state index in [0.717, 1.165) is 50.9 Å². The molecule has 0 amide bonds. The van der Waals surface area contributed by atoms with Crippen molar-refractivity contribution in [1.82, 2.24) is 15.1 Å². The number of thiocarbonyl (C=S) groups is 1. The first kappa shape index (κ1) is 15.6. The van der Waals surface area contributed by atoms with E-state index in [2.05, 4.69) is 51.2 Å². The molecule has 2 saturated heterocycles. The molecule has 0 atom stereocenters. The summed E-state index contributed by atoms with van der Waals surface area (Å²) in [5.74, 6) is 0. The zero-order valence-corrected chi connectivity index (χ0v) is 14.2. The molecule has 0 aromatic heterocycles. The lowest BCUT2D eigenvalue weighted by Crippen LogP contribution is -2.47. The average molecular weight is 318 g/mol. The SMILES string of the molecule is Cc1ccccc1N1CCN(CCCN2CCNC2=S)CC1. The maximum atomic E-state index is 5.29. The summed E-state index contributed by atoms with van der Waals surface area (Å²) in [6.45, 7) is 11.1. The van der Waals surface area contributed by atoms with Crippen molar-refractivity contribution in [2.24, 2.45) is 0 Å². The maximum Gasteiger partial charge on any atom is 0.169 e. The van der Waals surface area contributed by atoms with E-state index < -0.39 is 0 Å². The number of aryl methyl sites for hydroxylation is 1. The third kappa shape index (κ3) is 3.70. The minimum Gasteiger partial charge on any atom is -0.369 e. The highest BCUT2D eigenvalue weighted by molar-refractivity contribution is 7.80. The van der Waals surface area contributed by atoms with Crippen molar-refractivity contribution >= 4 is 23.0 Å². The van der Waals surface area contributed by atoms with E-state index in [9.17, 15) is 0 Å². The van der Waals surface area contributed by atoms with Gasteiger partial charge in [0.05, 0.1) is 0 Å². The van der Waals surface area contributed by atoms with E-state index in [4.69, 9.17) is 12.2 Å². The maximum absolute atomic E-state index is 5.29. The fraction of sp³-hybridized carbons (Fsp3) is 0.588. The number of anilines is 1. The van der Waals surface area contributed by atoms with E-state index in [1.54, 1.807) is 0 Å². The molecule has 22 heavy (non-hydrogen) atoms. The highest BCUT2D eigenvalue weighted by atomic mass is 32.1. The van der Waals surface area contributed by atoms with Crippen LogP contribution < -0.4 is 10.2 Å². The van der Waals surface area contributed by atoms with Crippen molar-refractivity contribution in [3.8, 4) is 0 Å². The molecule has 0 unspecified atom stereocenters. The Kier molecular flexibility index (Phi) is 5.16. The molecule has 1 aromatic rings. The smallest absolute Gasteiger partial charge is 0.169 e. The number of hydrogen-bond acceptors (Lipinski definition) is 3. The Morgan fingerprint density at radius 1 is 1.05 bits per heavy atom. The van der Waals surface area contributed by atoms with Crippen LogP contribution >= 0.6 is 12.2 Å². The zero-order valence-electron chi connectivity index (χ0n) is 13.4. The van der Waals surface area contributed by atoms with Gasteiger partial charge in [0.25, 0.3) is 0 Å². The van der Waals surface area contributed by atoms with Gasteiger partial charge >= 0.3 is 0 Å². The summed E-state index contributed by atoms with van der Waals surface area (Å²) in [5.41, 5.74) is 2.78. The van der Waals surface area contributed by atoms with Gasteiger partial charge in [0.15, 0.2) is 5.11 Å². The number of piperazine rings is 1. The Morgan fingerprint density at radius 2 is 1.82 bits per heavy atom. The molecule has 3 rings (SSSR count). The van der Waals surface area contributed by atoms with Crippen LogP contribution in [0.5, 0.6) is 0 Å². The van der Waals surface area contributed by atoms with Crippen molar-refractivity contribution in [3.63, 3.8) is 0 Å². The number of para-hydroxylation sites is 1. The van der Waals surface area contributed by atoms with Crippen molar-refractivity contribution in [2.45, 2.75) is 13.3 Å². The van der Waals surface area contributed by atoms with Crippen LogP contribution in [-0.2, 0) is 0 Å². The highest BCUT2D eigenvalue weighted by Crippen LogP contribution is 2.20. The van der Waals surface area contributed by atoms with Gasteiger partial charge in [-0.1, -0.05) is 18.2 Å². The first-order chi connectivity index (χ1) is 10.7. The summed E-state index contributed by atoms with van der Waals surface area (Å²) in [5, 5.41) is 4.16. The van der Waals surface area contributed by atoms with Crippen LogP contribution in [0.3, 0.4) is 0 Å². The van der Waals surface area contributed by atoms with Gasteiger partial charge in [-0.25, -0.2) is 0 Å². The molecule has 0 radical (unpaired) electrons. The number of hydrogen-bond donors (Lipinski definition) is 1. The van der Waals surface area contributed by atoms with Gasteiger partial charge in [-0.2, -0.15) is 0 Å². The van der Waals surface area contributed by atoms with Crippen molar-refractivity contribution in [1.29, 1.82) is 0 Å². The summed E-state index contributed by atoms with van der Waals surface area (Å²) >= 11 is 5.29. The molecule has 2 heterocycles. The molecular formula is C17H26N4S. The van der Waals surface area contributed by atoms with E-state index >= 15 is 0 Å². The molecule has 0 bridgehead atoms. The Balaban J connectivity index is 1.40. The van der Waals surface area contributed by atoms with Crippen molar-refractivity contribution < 1.29 is 0 Å². The van der Waals surface area contributed by atoms with Crippen LogP contribution in [0.1, 0.15) is 12.0 Å². The Labute approximate surface area is 139 Å². The molecule has 2 fully saturated rings. The predicted molar refractivity (Wildman–Crippen MR) is 96.6 cm³/mol. The number of rotatable bonds is 5. The Hall–Kier alpha value is -1.33. The molecule has 0 saturated carbocycles. The summed E-state index contributed by atoms with van der Waals surface area (Å²) in [6, 6.07) is 8.70. The minimum absolute atomic E-state index is 0.935. The van der Waals surface area contributed by atoms with Crippen LogP contribution in [0.2, 0.25) is 0 Å². The highest BCUT2D eigenvalue weighted by Gasteiger charge is 2.19. The molecule has 4 nitrogen and oxygen atoms in total. The second kappa shape index (κ2) is 7.29. The molecule has 2 aliphatic heterocycles. The van der Waals surface area contributed by atoms with Crippen LogP contribution in [0.4, 0.5) is 5.69 Å². The van der Waals surface area contributed by atoms with E-state index in [0.29, 0.717) is 0 Å². The molecule has 0 aliphatic carbocycles.